The Hall–Kier alpha value is -1.82. The Bertz CT molecular complexity index is 382. The number of likely N-dealkylation sites (N-methyl/N-ethyl adjacent to an activating group) is 1. The molecule has 0 saturated carbocycles. The molecule has 1 aromatic carbocycles. The highest BCUT2D eigenvalue weighted by Gasteiger charge is 2.15. The van der Waals surface area contributed by atoms with Crippen molar-refractivity contribution in [2.75, 3.05) is 26.8 Å². The average Bonchev–Trinajstić information content (AvgIpc) is 2.34. The lowest BCUT2D eigenvalue weighted by Crippen LogP contribution is -2.20. The fraction of sp³-hybridized carbons (Fsp3) is 0.455. The quantitative estimate of drug-likeness (QED) is 0.445. The minimum absolute atomic E-state index is 0.0534. The Labute approximate surface area is 99.7 Å². The van der Waals surface area contributed by atoms with Gasteiger partial charge in [-0.1, -0.05) is 6.92 Å². The summed E-state index contributed by atoms with van der Waals surface area (Å²) in [6.45, 7) is 3.84. The van der Waals surface area contributed by atoms with Gasteiger partial charge in [-0.25, -0.2) is 0 Å². The molecular formula is C11H16N2O4. The SMILES string of the molecule is CCNCCOc1cc(OC)ccc1[N+](=O)[O-]. The van der Waals surface area contributed by atoms with Crippen molar-refractivity contribution in [3.63, 3.8) is 0 Å². The summed E-state index contributed by atoms with van der Waals surface area (Å²) in [5, 5.41) is 13.8. The number of ether oxygens (including phenoxy) is 2. The summed E-state index contributed by atoms with van der Waals surface area (Å²) in [6, 6.07) is 4.43. The predicted octanol–water partition coefficient (Wildman–Crippen LogP) is 1.59. The van der Waals surface area contributed by atoms with E-state index in [0.717, 1.165) is 6.54 Å². The normalized spacial score (nSPS) is 10.0. The molecule has 1 rings (SSSR count). The van der Waals surface area contributed by atoms with Crippen LogP contribution in [0.4, 0.5) is 5.69 Å². The van der Waals surface area contributed by atoms with E-state index in [9.17, 15) is 10.1 Å². The molecule has 0 aromatic heterocycles. The van der Waals surface area contributed by atoms with Crippen LogP contribution in [0.25, 0.3) is 0 Å². The van der Waals surface area contributed by atoms with Gasteiger partial charge in [-0.05, 0) is 12.6 Å². The molecule has 0 aliphatic rings. The maximum absolute atomic E-state index is 10.8. The second-order valence-electron chi connectivity index (χ2n) is 3.29. The Balaban J connectivity index is 2.75. The monoisotopic (exact) mass is 240 g/mol. The van der Waals surface area contributed by atoms with Crippen LogP contribution in [0.1, 0.15) is 6.92 Å². The zero-order valence-electron chi connectivity index (χ0n) is 9.93. The van der Waals surface area contributed by atoms with Crippen LogP contribution >= 0.6 is 0 Å². The number of nitrogens with zero attached hydrogens (tertiary/aromatic N) is 1. The molecule has 0 atom stereocenters. The molecule has 0 amide bonds. The lowest BCUT2D eigenvalue weighted by atomic mass is 10.3. The summed E-state index contributed by atoms with van der Waals surface area (Å²) in [5.74, 6) is 0.765. The Morgan fingerprint density at radius 3 is 2.82 bits per heavy atom. The van der Waals surface area contributed by atoms with E-state index in [1.165, 1.54) is 25.3 Å². The van der Waals surface area contributed by atoms with Crippen molar-refractivity contribution >= 4 is 5.69 Å². The number of nitro groups is 1. The third kappa shape index (κ3) is 3.92. The van der Waals surface area contributed by atoms with E-state index < -0.39 is 4.92 Å². The standard InChI is InChI=1S/C11H16N2O4/c1-3-12-6-7-17-11-8-9(16-2)4-5-10(11)13(14)15/h4-5,8,12H,3,6-7H2,1-2H3. The third-order valence-electron chi connectivity index (χ3n) is 2.15. The van der Waals surface area contributed by atoms with Crippen molar-refractivity contribution in [3.8, 4) is 11.5 Å². The van der Waals surface area contributed by atoms with Crippen molar-refractivity contribution in [2.45, 2.75) is 6.92 Å². The van der Waals surface area contributed by atoms with Gasteiger partial charge < -0.3 is 14.8 Å². The van der Waals surface area contributed by atoms with Crippen LogP contribution in [-0.4, -0.2) is 31.7 Å². The van der Waals surface area contributed by atoms with Crippen LogP contribution in [-0.2, 0) is 0 Å². The predicted molar refractivity (Wildman–Crippen MR) is 63.7 cm³/mol. The molecule has 0 aliphatic carbocycles. The third-order valence-corrected chi connectivity index (χ3v) is 2.15. The zero-order chi connectivity index (χ0) is 12.7. The minimum Gasteiger partial charge on any atom is -0.497 e. The molecule has 0 aliphatic heterocycles. The molecular weight excluding hydrogens is 224 g/mol. The van der Waals surface area contributed by atoms with Crippen molar-refractivity contribution in [1.82, 2.24) is 5.32 Å². The summed E-state index contributed by atoms with van der Waals surface area (Å²) in [5.41, 5.74) is -0.0534. The van der Waals surface area contributed by atoms with Gasteiger partial charge in [-0.3, -0.25) is 10.1 Å². The van der Waals surface area contributed by atoms with Crippen LogP contribution in [0.3, 0.4) is 0 Å². The average molecular weight is 240 g/mol. The van der Waals surface area contributed by atoms with Crippen molar-refractivity contribution < 1.29 is 14.4 Å². The molecule has 6 nitrogen and oxygen atoms in total. The van der Waals surface area contributed by atoms with Gasteiger partial charge in [0.15, 0.2) is 0 Å². The van der Waals surface area contributed by atoms with Gasteiger partial charge in [-0.2, -0.15) is 0 Å². The second-order valence-corrected chi connectivity index (χ2v) is 3.29. The van der Waals surface area contributed by atoms with Crippen LogP contribution in [0.15, 0.2) is 18.2 Å². The number of benzene rings is 1. The first kappa shape index (κ1) is 13.2. The summed E-state index contributed by atoms with van der Waals surface area (Å²) in [6.07, 6.45) is 0. The molecule has 0 unspecified atom stereocenters. The first-order chi connectivity index (χ1) is 8.19. The van der Waals surface area contributed by atoms with E-state index in [1.807, 2.05) is 6.92 Å². The van der Waals surface area contributed by atoms with Gasteiger partial charge in [0.25, 0.3) is 0 Å². The molecule has 1 aromatic rings. The Morgan fingerprint density at radius 2 is 2.24 bits per heavy atom. The summed E-state index contributed by atoms with van der Waals surface area (Å²) in [4.78, 5) is 10.3. The van der Waals surface area contributed by atoms with Gasteiger partial charge in [0.2, 0.25) is 5.75 Å². The van der Waals surface area contributed by atoms with Gasteiger partial charge in [0, 0.05) is 18.7 Å². The smallest absolute Gasteiger partial charge is 0.311 e. The van der Waals surface area contributed by atoms with E-state index >= 15 is 0 Å². The van der Waals surface area contributed by atoms with E-state index in [-0.39, 0.29) is 11.4 Å². The maximum Gasteiger partial charge on any atom is 0.311 e. The topological polar surface area (TPSA) is 73.6 Å². The van der Waals surface area contributed by atoms with Crippen LogP contribution in [0.5, 0.6) is 11.5 Å². The maximum atomic E-state index is 10.8. The fourth-order valence-corrected chi connectivity index (χ4v) is 1.30. The lowest BCUT2D eigenvalue weighted by Gasteiger charge is -2.08. The van der Waals surface area contributed by atoms with Crippen LogP contribution in [0.2, 0.25) is 0 Å². The first-order valence-electron chi connectivity index (χ1n) is 5.35. The zero-order valence-corrected chi connectivity index (χ0v) is 9.93. The summed E-state index contributed by atoms with van der Waals surface area (Å²) >= 11 is 0. The van der Waals surface area contributed by atoms with E-state index in [0.29, 0.717) is 18.9 Å². The highest BCUT2D eigenvalue weighted by Crippen LogP contribution is 2.30. The summed E-state index contributed by atoms with van der Waals surface area (Å²) < 4.78 is 10.4. The number of rotatable bonds is 7. The van der Waals surface area contributed by atoms with Gasteiger partial charge >= 0.3 is 5.69 Å². The van der Waals surface area contributed by atoms with Crippen LogP contribution in [0, 0.1) is 10.1 Å². The van der Waals surface area contributed by atoms with Gasteiger partial charge in [0.05, 0.1) is 12.0 Å². The largest absolute Gasteiger partial charge is 0.497 e. The minimum atomic E-state index is -0.470. The molecule has 0 saturated heterocycles. The van der Waals surface area contributed by atoms with E-state index in [2.05, 4.69) is 5.32 Å². The molecule has 94 valence electrons. The number of nitro benzene ring substituents is 1. The molecule has 0 radical (unpaired) electrons. The molecule has 0 spiro atoms. The number of hydrogen-bond acceptors (Lipinski definition) is 5. The Morgan fingerprint density at radius 1 is 1.47 bits per heavy atom. The lowest BCUT2D eigenvalue weighted by molar-refractivity contribution is -0.385. The molecule has 1 N–H and O–H groups in total. The van der Waals surface area contributed by atoms with Gasteiger partial charge in [0.1, 0.15) is 12.4 Å². The second kappa shape index (κ2) is 6.70. The first-order valence-corrected chi connectivity index (χ1v) is 5.35. The highest BCUT2D eigenvalue weighted by molar-refractivity contribution is 5.50. The summed E-state index contributed by atoms with van der Waals surface area (Å²) in [7, 11) is 1.50. The molecule has 17 heavy (non-hydrogen) atoms. The van der Waals surface area contributed by atoms with E-state index in [1.54, 1.807) is 0 Å². The van der Waals surface area contributed by atoms with E-state index in [4.69, 9.17) is 9.47 Å². The number of methoxy groups -OCH3 is 1. The van der Waals surface area contributed by atoms with Crippen LogP contribution < -0.4 is 14.8 Å². The van der Waals surface area contributed by atoms with Crippen molar-refractivity contribution in [1.29, 1.82) is 0 Å². The molecule has 0 fully saturated rings. The highest BCUT2D eigenvalue weighted by atomic mass is 16.6. The molecule has 0 bridgehead atoms. The van der Waals surface area contributed by atoms with Crippen molar-refractivity contribution in [3.05, 3.63) is 28.3 Å². The van der Waals surface area contributed by atoms with Gasteiger partial charge in [-0.15, -0.1) is 0 Å². The molecule has 6 heteroatoms. The fourth-order valence-electron chi connectivity index (χ4n) is 1.30. The number of hydrogen-bond donors (Lipinski definition) is 1. The number of nitrogens with one attached hydrogen (secondary N) is 1. The van der Waals surface area contributed by atoms with Crippen molar-refractivity contribution in [2.24, 2.45) is 0 Å². The molecule has 0 heterocycles. The Kier molecular flexibility index (Phi) is 5.22.